The third-order valence-corrected chi connectivity index (χ3v) is 3.78. The van der Waals surface area contributed by atoms with Crippen LogP contribution in [0, 0.1) is 0 Å². The van der Waals surface area contributed by atoms with Gasteiger partial charge in [-0.1, -0.05) is 30.3 Å². The van der Waals surface area contributed by atoms with Crippen molar-refractivity contribution in [1.82, 2.24) is 0 Å². The molecule has 0 spiro atoms. The van der Waals surface area contributed by atoms with E-state index in [0.29, 0.717) is 23.5 Å². The summed E-state index contributed by atoms with van der Waals surface area (Å²) in [4.78, 5) is 23.1. The number of nitrogens with one attached hydrogen (secondary N) is 1. The van der Waals surface area contributed by atoms with Crippen LogP contribution in [0.4, 0.5) is 5.69 Å². The summed E-state index contributed by atoms with van der Waals surface area (Å²) < 4.78 is 5.74. The van der Waals surface area contributed by atoms with Gasteiger partial charge in [0.15, 0.2) is 0 Å². The Hall–Kier alpha value is -2.88. The van der Waals surface area contributed by atoms with Crippen LogP contribution in [0.5, 0.6) is 0 Å². The molecule has 2 aromatic carbocycles. The van der Waals surface area contributed by atoms with Crippen LogP contribution in [-0.2, 0) is 16.1 Å². The number of aldehydes is 1. The number of rotatable bonds is 1. The fourth-order valence-electron chi connectivity index (χ4n) is 2.81. The van der Waals surface area contributed by atoms with Crippen molar-refractivity contribution in [3.63, 3.8) is 0 Å². The van der Waals surface area contributed by atoms with Gasteiger partial charge < -0.3 is 10.1 Å². The second-order valence-corrected chi connectivity index (χ2v) is 5.03. The second kappa shape index (κ2) is 4.31. The molecule has 0 aromatic heterocycles. The van der Waals surface area contributed by atoms with Crippen LogP contribution >= 0.6 is 0 Å². The average Bonchev–Trinajstić information content (AvgIpc) is 3.06. The molecule has 0 fully saturated rings. The molecule has 21 heavy (non-hydrogen) atoms. The van der Waals surface area contributed by atoms with E-state index in [1.54, 1.807) is 12.1 Å². The molecule has 1 N–H and O–H groups in total. The smallest absolute Gasteiger partial charge is 0.260 e. The zero-order chi connectivity index (χ0) is 14.4. The fraction of sp³-hybridized carbons (Fsp3) is 0.0588. The Morgan fingerprint density at radius 1 is 1.10 bits per heavy atom. The molecule has 1 amide bonds. The third-order valence-electron chi connectivity index (χ3n) is 3.78. The zero-order valence-electron chi connectivity index (χ0n) is 11.1. The topological polar surface area (TPSA) is 55.4 Å². The van der Waals surface area contributed by atoms with Crippen molar-refractivity contribution in [2.75, 3.05) is 5.32 Å². The van der Waals surface area contributed by atoms with Crippen molar-refractivity contribution in [2.45, 2.75) is 6.61 Å². The lowest BCUT2D eigenvalue weighted by molar-refractivity contribution is -0.110. The van der Waals surface area contributed by atoms with Crippen LogP contribution in [0.15, 0.2) is 42.5 Å². The van der Waals surface area contributed by atoms with E-state index >= 15 is 0 Å². The molecule has 2 aliphatic rings. The van der Waals surface area contributed by atoms with E-state index in [0.717, 1.165) is 28.7 Å². The largest absolute Gasteiger partial charge is 0.487 e. The maximum atomic E-state index is 12.2. The number of benzene rings is 2. The van der Waals surface area contributed by atoms with Gasteiger partial charge >= 0.3 is 0 Å². The quantitative estimate of drug-likeness (QED) is 0.644. The Morgan fingerprint density at radius 2 is 1.95 bits per heavy atom. The van der Waals surface area contributed by atoms with Crippen LogP contribution in [0.3, 0.4) is 0 Å². The molecule has 0 saturated carbocycles. The SMILES string of the molecule is O=Cc1ccc2c(c1)COC2=C1C(=O)Nc2ccccc21. The minimum Gasteiger partial charge on any atom is -0.487 e. The van der Waals surface area contributed by atoms with Gasteiger partial charge in [-0.15, -0.1) is 0 Å². The number of para-hydroxylation sites is 1. The number of hydrogen-bond donors (Lipinski definition) is 1. The van der Waals surface area contributed by atoms with E-state index in [-0.39, 0.29) is 5.91 Å². The number of hydrogen-bond acceptors (Lipinski definition) is 3. The number of carbonyl (C=O) groups is 2. The first-order valence-electron chi connectivity index (χ1n) is 6.64. The molecule has 4 nitrogen and oxygen atoms in total. The summed E-state index contributed by atoms with van der Waals surface area (Å²) >= 11 is 0. The summed E-state index contributed by atoms with van der Waals surface area (Å²) in [6, 6.07) is 12.9. The number of carbonyl (C=O) groups excluding carboxylic acids is 2. The highest BCUT2D eigenvalue weighted by molar-refractivity contribution is 6.36. The van der Waals surface area contributed by atoms with Gasteiger partial charge in [-0.3, -0.25) is 9.59 Å². The van der Waals surface area contributed by atoms with Gasteiger partial charge in [-0.25, -0.2) is 0 Å². The maximum Gasteiger partial charge on any atom is 0.260 e. The van der Waals surface area contributed by atoms with Crippen molar-refractivity contribution < 1.29 is 14.3 Å². The standard InChI is InChI=1S/C17H11NO3/c19-8-10-5-6-12-11(7-10)9-21-16(12)15-13-3-1-2-4-14(13)18-17(15)20/h1-8H,9H2,(H,18,20). The van der Waals surface area contributed by atoms with Gasteiger partial charge in [-0.2, -0.15) is 0 Å². The molecule has 2 aromatic rings. The number of fused-ring (bicyclic) bond motifs is 2. The Kier molecular flexibility index (Phi) is 2.44. The molecule has 4 heteroatoms. The minimum atomic E-state index is -0.154. The molecular formula is C17H11NO3. The highest BCUT2D eigenvalue weighted by Crippen LogP contribution is 2.41. The van der Waals surface area contributed by atoms with Gasteiger partial charge in [0.2, 0.25) is 0 Å². The summed E-state index contributed by atoms with van der Waals surface area (Å²) in [5.74, 6) is 0.434. The number of anilines is 1. The van der Waals surface area contributed by atoms with E-state index in [1.165, 1.54) is 0 Å². The maximum absolute atomic E-state index is 12.2. The zero-order valence-corrected chi connectivity index (χ0v) is 11.1. The molecule has 0 atom stereocenters. The lowest BCUT2D eigenvalue weighted by Gasteiger charge is -2.04. The molecule has 102 valence electrons. The van der Waals surface area contributed by atoms with Crippen molar-refractivity contribution in [3.8, 4) is 0 Å². The minimum absolute atomic E-state index is 0.154. The van der Waals surface area contributed by atoms with E-state index < -0.39 is 0 Å². The molecule has 0 unspecified atom stereocenters. The normalized spacial score (nSPS) is 18.8. The van der Waals surface area contributed by atoms with Crippen LogP contribution in [0.25, 0.3) is 11.3 Å². The highest BCUT2D eigenvalue weighted by Gasteiger charge is 2.32. The first-order valence-corrected chi connectivity index (χ1v) is 6.64. The van der Waals surface area contributed by atoms with Gasteiger partial charge in [-0.05, 0) is 12.1 Å². The number of ether oxygens (including phenoxy) is 1. The predicted molar refractivity (Wildman–Crippen MR) is 78.5 cm³/mol. The van der Waals surface area contributed by atoms with E-state index in [2.05, 4.69) is 5.32 Å². The van der Waals surface area contributed by atoms with Gasteiger partial charge in [0, 0.05) is 27.9 Å². The molecular weight excluding hydrogens is 266 g/mol. The second-order valence-electron chi connectivity index (χ2n) is 5.03. The summed E-state index contributed by atoms with van der Waals surface area (Å²) in [6.45, 7) is 0.380. The average molecular weight is 277 g/mol. The van der Waals surface area contributed by atoms with Gasteiger partial charge in [0.05, 0.1) is 5.57 Å². The summed E-state index contributed by atoms with van der Waals surface area (Å²) in [7, 11) is 0. The van der Waals surface area contributed by atoms with Crippen molar-refractivity contribution in [3.05, 3.63) is 64.7 Å². The summed E-state index contributed by atoms with van der Waals surface area (Å²) in [6.07, 6.45) is 0.809. The monoisotopic (exact) mass is 277 g/mol. The molecule has 0 radical (unpaired) electrons. The first kappa shape index (κ1) is 11.9. The predicted octanol–water partition coefficient (Wildman–Crippen LogP) is 2.85. The first-order chi connectivity index (χ1) is 10.3. The van der Waals surface area contributed by atoms with E-state index in [1.807, 2.05) is 30.3 Å². The van der Waals surface area contributed by atoms with E-state index in [9.17, 15) is 9.59 Å². The van der Waals surface area contributed by atoms with Crippen LogP contribution in [0.1, 0.15) is 27.0 Å². The van der Waals surface area contributed by atoms with Crippen LogP contribution in [-0.4, -0.2) is 12.2 Å². The van der Waals surface area contributed by atoms with Gasteiger partial charge in [0.1, 0.15) is 18.7 Å². The van der Waals surface area contributed by atoms with Crippen molar-refractivity contribution >= 4 is 29.2 Å². The number of amides is 1. The van der Waals surface area contributed by atoms with Crippen LogP contribution in [0.2, 0.25) is 0 Å². The molecule has 4 rings (SSSR count). The summed E-state index contributed by atoms with van der Waals surface area (Å²) in [5, 5.41) is 2.84. The molecule has 0 saturated heterocycles. The Labute approximate surface area is 121 Å². The van der Waals surface area contributed by atoms with Crippen molar-refractivity contribution in [2.24, 2.45) is 0 Å². The van der Waals surface area contributed by atoms with E-state index in [4.69, 9.17) is 4.74 Å². The lowest BCUT2D eigenvalue weighted by atomic mass is 9.99. The van der Waals surface area contributed by atoms with Crippen molar-refractivity contribution in [1.29, 1.82) is 0 Å². The Morgan fingerprint density at radius 3 is 2.81 bits per heavy atom. The Bertz CT molecular complexity index is 821. The molecule has 2 aliphatic heterocycles. The third kappa shape index (κ3) is 1.69. The fourth-order valence-corrected chi connectivity index (χ4v) is 2.81. The van der Waals surface area contributed by atoms with Crippen LogP contribution < -0.4 is 5.32 Å². The lowest BCUT2D eigenvalue weighted by Crippen LogP contribution is -2.05. The van der Waals surface area contributed by atoms with Gasteiger partial charge in [0.25, 0.3) is 5.91 Å². The molecule has 0 bridgehead atoms. The highest BCUT2D eigenvalue weighted by atomic mass is 16.5. The molecule has 0 aliphatic carbocycles. The Balaban J connectivity index is 1.93. The molecule has 2 heterocycles. The summed E-state index contributed by atoms with van der Waals surface area (Å²) in [5.41, 5.74) is 4.63.